The van der Waals surface area contributed by atoms with Crippen LogP contribution >= 0.6 is 11.3 Å². The highest BCUT2D eigenvalue weighted by Gasteiger charge is 2.32. The molecule has 1 aliphatic heterocycles. The Morgan fingerprint density at radius 3 is 2.00 bits per heavy atom. The smallest absolute Gasteiger partial charge is 0.333 e. The third-order valence-electron chi connectivity index (χ3n) is 7.72. The lowest BCUT2D eigenvalue weighted by molar-refractivity contribution is -0.137. The molecule has 0 saturated heterocycles. The van der Waals surface area contributed by atoms with Crippen molar-refractivity contribution in [2.24, 2.45) is 0 Å². The molecule has 9 heteroatoms. The topological polar surface area (TPSA) is 49.4 Å². The van der Waals surface area contributed by atoms with Crippen molar-refractivity contribution in [2.45, 2.75) is 154 Å². The number of nitrogens with zero attached hydrogens (tertiary/aromatic N) is 1. The van der Waals surface area contributed by atoms with E-state index < -0.39 is 23.8 Å². The standard InChI is InChI=1S/C22H23F3N2O2S.C10H16.C6H13F.2C3H8/c1-4-13(3)21(29)27-7-6-17-18(12-30-19(17)11-27)20(28)26-16-9-14(5-2)8-15(10-16)22(23,24)25;1-5-6-7-8-10(4)9(2)3;1-3-5-6(7)4-2;2*1-3-2/h4,8-10,12H,5-7,11H2,1-3H3,(H,26,28);5-8H,1-4H3;6H,3-5H2,1-2H3;2*3H2,1-2H3/b13-4+;6-5-,8-7-;;;. The lowest BCUT2D eigenvalue weighted by Gasteiger charge is -2.27. The van der Waals surface area contributed by atoms with Gasteiger partial charge < -0.3 is 10.2 Å². The number of carbonyl (C=O) groups is 2. The predicted molar refractivity (Wildman–Crippen MR) is 222 cm³/mol. The van der Waals surface area contributed by atoms with Gasteiger partial charge in [0, 0.05) is 28.1 Å². The van der Waals surface area contributed by atoms with Crippen LogP contribution < -0.4 is 5.32 Å². The molecular formula is C44H68F4N2O2S. The Bertz CT molecular complexity index is 1460. The maximum Gasteiger partial charge on any atom is 0.416 e. The van der Waals surface area contributed by atoms with Crippen LogP contribution in [0.25, 0.3) is 0 Å². The first-order valence-corrected chi connectivity index (χ1v) is 19.9. The van der Waals surface area contributed by atoms with Crippen LogP contribution in [0.15, 0.2) is 70.7 Å². The summed E-state index contributed by atoms with van der Waals surface area (Å²) in [5, 5.41) is 4.33. The molecule has 53 heavy (non-hydrogen) atoms. The van der Waals surface area contributed by atoms with E-state index in [1.54, 1.807) is 36.3 Å². The SMILES string of the molecule is C/C=C(\C)C(=O)N1CCc2c(C(=O)Nc3cc(CC)cc(C(F)(F)F)c3)csc2C1.C/C=C\C=C/C(C)=C(C)C.CCC.CCC.CCCC(F)CC. The Kier molecular flexibility index (Phi) is 28.2. The van der Waals surface area contributed by atoms with Gasteiger partial charge in [-0.05, 0) is 96.6 Å². The molecule has 300 valence electrons. The number of amides is 2. The number of hydrogen-bond acceptors (Lipinski definition) is 3. The first-order valence-electron chi connectivity index (χ1n) is 19.1. The lowest BCUT2D eigenvalue weighted by atomic mass is 10.0. The van der Waals surface area contributed by atoms with E-state index in [0.717, 1.165) is 35.4 Å². The molecule has 0 bridgehead atoms. The van der Waals surface area contributed by atoms with Gasteiger partial charge in [-0.3, -0.25) is 9.59 Å². The highest BCUT2D eigenvalue weighted by Crippen LogP contribution is 2.33. The van der Waals surface area contributed by atoms with E-state index in [1.165, 1.54) is 35.3 Å². The van der Waals surface area contributed by atoms with Crippen molar-refractivity contribution in [3.63, 3.8) is 0 Å². The molecule has 0 saturated carbocycles. The van der Waals surface area contributed by atoms with Crippen LogP contribution in [0.3, 0.4) is 0 Å². The minimum absolute atomic E-state index is 0.0291. The van der Waals surface area contributed by atoms with Crippen LogP contribution in [0.4, 0.5) is 23.2 Å². The molecule has 3 rings (SSSR count). The van der Waals surface area contributed by atoms with Crippen LogP contribution in [0.2, 0.25) is 0 Å². The van der Waals surface area contributed by atoms with E-state index >= 15 is 0 Å². The van der Waals surface area contributed by atoms with Crippen molar-refractivity contribution in [3.8, 4) is 0 Å². The summed E-state index contributed by atoms with van der Waals surface area (Å²) in [6, 6.07) is 3.61. The van der Waals surface area contributed by atoms with Crippen LogP contribution in [-0.2, 0) is 30.4 Å². The number of rotatable bonds is 9. The number of nitrogens with one attached hydrogen (secondary N) is 1. The summed E-state index contributed by atoms with van der Waals surface area (Å²) in [5.74, 6) is -0.461. The van der Waals surface area contributed by atoms with Crippen molar-refractivity contribution in [1.82, 2.24) is 4.90 Å². The molecule has 4 nitrogen and oxygen atoms in total. The highest BCUT2D eigenvalue weighted by molar-refractivity contribution is 7.10. The third-order valence-corrected chi connectivity index (χ3v) is 8.73. The second-order valence-electron chi connectivity index (χ2n) is 13.0. The molecule has 0 aliphatic carbocycles. The molecule has 2 heterocycles. The summed E-state index contributed by atoms with van der Waals surface area (Å²) in [5.41, 5.74) is 4.56. The molecule has 1 aromatic heterocycles. The summed E-state index contributed by atoms with van der Waals surface area (Å²) >= 11 is 1.39. The van der Waals surface area contributed by atoms with Gasteiger partial charge in [0.2, 0.25) is 5.91 Å². The predicted octanol–water partition coefficient (Wildman–Crippen LogP) is 14.3. The number of benzene rings is 1. The Morgan fingerprint density at radius 2 is 1.55 bits per heavy atom. The van der Waals surface area contributed by atoms with Gasteiger partial charge in [0.1, 0.15) is 0 Å². The largest absolute Gasteiger partial charge is 0.416 e. The number of alkyl halides is 4. The zero-order valence-electron chi connectivity index (χ0n) is 34.8. The second kappa shape index (κ2) is 29.0. The monoisotopic (exact) mass is 764 g/mol. The Hall–Kier alpha value is -3.46. The van der Waals surface area contributed by atoms with Crippen LogP contribution in [-0.4, -0.2) is 29.4 Å². The highest BCUT2D eigenvalue weighted by atomic mass is 32.1. The van der Waals surface area contributed by atoms with Crippen molar-refractivity contribution in [3.05, 3.63) is 97.8 Å². The minimum Gasteiger partial charge on any atom is -0.333 e. The number of carbonyl (C=O) groups excluding carboxylic acids is 2. The molecule has 0 radical (unpaired) electrons. The van der Waals surface area contributed by atoms with E-state index in [2.05, 4.69) is 65.9 Å². The van der Waals surface area contributed by atoms with Crippen LogP contribution in [0.5, 0.6) is 0 Å². The van der Waals surface area contributed by atoms with E-state index in [0.29, 0.717) is 49.1 Å². The molecule has 0 spiro atoms. The fourth-order valence-electron chi connectivity index (χ4n) is 4.39. The van der Waals surface area contributed by atoms with E-state index in [9.17, 15) is 27.2 Å². The van der Waals surface area contributed by atoms with Gasteiger partial charge in [-0.15, -0.1) is 11.3 Å². The molecule has 1 N–H and O–H groups in total. The first kappa shape index (κ1) is 51.6. The first-order chi connectivity index (χ1) is 25.0. The minimum atomic E-state index is -4.48. The van der Waals surface area contributed by atoms with Crippen molar-refractivity contribution >= 4 is 28.8 Å². The van der Waals surface area contributed by atoms with Crippen molar-refractivity contribution < 1.29 is 27.2 Å². The lowest BCUT2D eigenvalue weighted by Crippen LogP contribution is -2.36. The zero-order chi connectivity index (χ0) is 41.1. The summed E-state index contributed by atoms with van der Waals surface area (Å²) in [6.07, 6.45) is 10.8. The van der Waals surface area contributed by atoms with Gasteiger partial charge >= 0.3 is 6.18 Å². The van der Waals surface area contributed by atoms with Crippen LogP contribution in [0, 0.1) is 0 Å². The molecular weight excluding hydrogens is 697 g/mol. The summed E-state index contributed by atoms with van der Waals surface area (Å²) in [7, 11) is 0. The second-order valence-corrected chi connectivity index (χ2v) is 14.0. The molecule has 0 fully saturated rings. The number of anilines is 1. The van der Waals surface area contributed by atoms with E-state index in [1.807, 2.05) is 39.8 Å². The fourth-order valence-corrected chi connectivity index (χ4v) is 5.48. The van der Waals surface area contributed by atoms with Gasteiger partial charge in [-0.2, -0.15) is 13.2 Å². The van der Waals surface area contributed by atoms with Gasteiger partial charge in [0.05, 0.1) is 23.8 Å². The van der Waals surface area contributed by atoms with E-state index in [-0.39, 0.29) is 11.6 Å². The summed E-state index contributed by atoms with van der Waals surface area (Å²) in [4.78, 5) is 27.9. The maximum atomic E-state index is 13.2. The van der Waals surface area contributed by atoms with Gasteiger partial charge in [-0.25, -0.2) is 4.39 Å². The number of aryl methyl sites for hydroxylation is 1. The molecule has 1 unspecified atom stereocenters. The number of thiophene rings is 1. The quantitative estimate of drug-likeness (QED) is 0.157. The average molecular weight is 765 g/mol. The Labute approximate surface area is 323 Å². The van der Waals surface area contributed by atoms with Gasteiger partial charge in [0.25, 0.3) is 5.91 Å². The molecule has 1 atom stereocenters. The zero-order valence-corrected chi connectivity index (χ0v) is 35.6. The normalized spacial score (nSPS) is 12.8. The van der Waals surface area contributed by atoms with E-state index in [4.69, 9.17) is 0 Å². The molecule has 2 aromatic rings. The third kappa shape index (κ3) is 21.1. The Morgan fingerprint density at radius 1 is 0.943 bits per heavy atom. The summed E-state index contributed by atoms with van der Waals surface area (Å²) in [6.45, 7) is 27.0. The fraction of sp³-hybridized carbons (Fsp3) is 0.545. The van der Waals surface area contributed by atoms with Crippen molar-refractivity contribution in [1.29, 1.82) is 0 Å². The summed E-state index contributed by atoms with van der Waals surface area (Å²) < 4.78 is 51.6. The van der Waals surface area contributed by atoms with Gasteiger partial charge in [0.15, 0.2) is 0 Å². The number of halogens is 4. The van der Waals surface area contributed by atoms with Crippen LogP contribution in [0.1, 0.15) is 154 Å². The average Bonchev–Trinajstić information content (AvgIpc) is 3.55. The van der Waals surface area contributed by atoms with Crippen molar-refractivity contribution in [2.75, 3.05) is 11.9 Å². The number of hydrogen-bond donors (Lipinski definition) is 1. The molecule has 2 amide bonds. The van der Waals surface area contributed by atoms with Gasteiger partial charge in [-0.1, -0.05) is 109 Å². The Balaban J connectivity index is 0. The maximum absolute atomic E-state index is 13.2. The number of fused-ring (bicyclic) bond motifs is 1. The number of allylic oxidation sites excluding steroid dienone is 7. The molecule has 1 aromatic carbocycles. The molecule has 1 aliphatic rings.